The van der Waals surface area contributed by atoms with Crippen molar-refractivity contribution >= 4 is 32.4 Å². The number of hydrogen-bond donors (Lipinski definition) is 1. The highest BCUT2D eigenvalue weighted by Crippen LogP contribution is 2.22. The molecular weight excluding hydrogens is 270 g/mol. The van der Waals surface area contributed by atoms with E-state index in [4.69, 9.17) is 11.6 Å². The number of sulfonamides is 1. The van der Waals surface area contributed by atoms with Crippen LogP contribution in [0.4, 0.5) is 0 Å². The number of rotatable bonds is 4. The quantitative estimate of drug-likeness (QED) is 0.937. The van der Waals surface area contributed by atoms with Crippen molar-refractivity contribution < 1.29 is 8.42 Å². The van der Waals surface area contributed by atoms with Gasteiger partial charge in [0.25, 0.3) is 0 Å². The average molecular weight is 282 g/mol. The lowest BCUT2D eigenvalue weighted by atomic mass is 10.1. The summed E-state index contributed by atoms with van der Waals surface area (Å²) in [5, 5.41) is 1.82. The Morgan fingerprint density at radius 1 is 1.17 bits per heavy atom. The smallest absolute Gasteiger partial charge is 0.207 e. The summed E-state index contributed by atoms with van der Waals surface area (Å²) in [5.74, 6) is 0. The maximum absolute atomic E-state index is 12.1. The van der Waals surface area contributed by atoms with Crippen LogP contribution in [0.1, 0.15) is 0 Å². The molecule has 5 heteroatoms. The van der Waals surface area contributed by atoms with E-state index in [0.29, 0.717) is 5.39 Å². The maximum atomic E-state index is 12.1. The second-order valence-corrected chi connectivity index (χ2v) is 6.09. The van der Waals surface area contributed by atoms with Gasteiger partial charge in [0.2, 0.25) is 10.0 Å². The molecule has 1 N–H and O–H groups in total. The molecule has 0 atom stereocenters. The molecule has 0 aromatic heterocycles. The summed E-state index contributed by atoms with van der Waals surface area (Å²) in [6, 6.07) is 12.5. The molecule has 0 saturated carbocycles. The van der Waals surface area contributed by atoms with Crippen LogP contribution in [0.15, 0.2) is 59.0 Å². The second-order valence-electron chi connectivity index (χ2n) is 3.82. The summed E-state index contributed by atoms with van der Waals surface area (Å²) < 4.78 is 26.7. The Morgan fingerprint density at radius 2 is 1.83 bits per heavy atom. The Hall–Kier alpha value is -1.36. The first-order chi connectivity index (χ1) is 8.50. The van der Waals surface area contributed by atoms with Crippen LogP contribution in [0, 0.1) is 0 Å². The van der Waals surface area contributed by atoms with E-state index < -0.39 is 10.0 Å². The van der Waals surface area contributed by atoms with E-state index in [-0.39, 0.29) is 16.5 Å². The maximum Gasteiger partial charge on any atom is 0.241 e. The molecule has 0 spiro atoms. The minimum atomic E-state index is -3.58. The molecule has 0 radical (unpaired) electrons. The molecule has 3 nitrogen and oxygen atoms in total. The van der Waals surface area contributed by atoms with Gasteiger partial charge in [-0.2, -0.15) is 0 Å². The molecule has 0 saturated heterocycles. The fourth-order valence-corrected chi connectivity index (χ4v) is 3.08. The molecule has 0 aliphatic carbocycles. The second kappa shape index (κ2) is 5.10. The van der Waals surface area contributed by atoms with Gasteiger partial charge < -0.3 is 0 Å². The van der Waals surface area contributed by atoms with Gasteiger partial charge in [0.05, 0.1) is 4.90 Å². The summed E-state index contributed by atoms with van der Waals surface area (Å²) in [5.41, 5.74) is 0. The highest BCUT2D eigenvalue weighted by Gasteiger charge is 2.16. The molecule has 0 unspecified atom stereocenters. The number of fused-ring (bicyclic) bond motifs is 1. The van der Waals surface area contributed by atoms with Crippen molar-refractivity contribution in [3.63, 3.8) is 0 Å². The third-order valence-corrected chi connectivity index (χ3v) is 4.09. The molecule has 0 fully saturated rings. The molecule has 0 aliphatic rings. The van der Waals surface area contributed by atoms with Gasteiger partial charge in [0.1, 0.15) is 0 Å². The summed E-state index contributed by atoms with van der Waals surface area (Å²) in [6.07, 6.45) is 0. The van der Waals surface area contributed by atoms with Crippen molar-refractivity contribution in [2.24, 2.45) is 0 Å². The lowest BCUT2D eigenvalue weighted by Gasteiger charge is -2.08. The predicted molar refractivity (Wildman–Crippen MR) is 74.1 cm³/mol. The zero-order valence-electron chi connectivity index (χ0n) is 9.56. The highest BCUT2D eigenvalue weighted by molar-refractivity contribution is 7.89. The van der Waals surface area contributed by atoms with E-state index in [1.54, 1.807) is 18.2 Å². The average Bonchev–Trinajstić information content (AvgIpc) is 2.36. The number of benzene rings is 2. The predicted octanol–water partition coefficient (Wildman–Crippen LogP) is 2.87. The van der Waals surface area contributed by atoms with Gasteiger partial charge in [0, 0.05) is 17.0 Å². The zero-order valence-corrected chi connectivity index (χ0v) is 11.1. The van der Waals surface area contributed by atoms with Gasteiger partial charge in [-0.05, 0) is 11.5 Å². The summed E-state index contributed by atoms with van der Waals surface area (Å²) in [7, 11) is -3.58. The minimum absolute atomic E-state index is 0.0209. The van der Waals surface area contributed by atoms with Gasteiger partial charge in [-0.1, -0.05) is 54.6 Å². The van der Waals surface area contributed by atoms with Gasteiger partial charge >= 0.3 is 0 Å². The molecule has 2 rings (SSSR count). The first-order valence-corrected chi connectivity index (χ1v) is 7.17. The summed E-state index contributed by atoms with van der Waals surface area (Å²) in [6.45, 7) is 3.47. The van der Waals surface area contributed by atoms with Gasteiger partial charge in [-0.25, -0.2) is 13.1 Å². The van der Waals surface area contributed by atoms with Gasteiger partial charge in [0.15, 0.2) is 0 Å². The molecule has 18 heavy (non-hydrogen) atoms. The van der Waals surface area contributed by atoms with Crippen molar-refractivity contribution in [2.45, 2.75) is 4.90 Å². The van der Waals surface area contributed by atoms with Crippen molar-refractivity contribution in [3.8, 4) is 0 Å². The number of hydrogen-bond acceptors (Lipinski definition) is 2. The topological polar surface area (TPSA) is 46.2 Å². The van der Waals surface area contributed by atoms with E-state index in [2.05, 4.69) is 11.3 Å². The van der Waals surface area contributed by atoms with E-state index in [9.17, 15) is 8.42 Å². The highest BCUT2D eigenvalue weighted by atomic mass is 35.5. The van der Waals surface area contributed by atoms with Crippen LogP contribution in [0.3, 0.4) is 0 Å². The normalized spacial score (nSPS) is 11.6. The van der Waals surface area contributed by atoms with Crippen LogP contribution in [-0.2, 0) is 10.0 Å². The van der Waals surface area contributed by atoms with Gasteiger partial charge in [-0.3, -0.25) is 0 Å². The fraction of sp³-hybridized carbons (Fsp3) is 0.0769. The van der Waals surface area contributed by atoms with Crippen LogP contribution in [0.5, 0.6) is 0 Å². The Labute approximate surface area is 111 Å². The first-order valence-electron chi connectivity index (χ1n) is 5.31. The standard InChI is InChI=1S/C13H12ClNO2S/c1-10(14)9-15-18(16,17)13-8-4-6-11-5-2-3-7-12(11)13/h2-8,15H,1,9H2. The number of nitrogens with one attached hydrogen (secondary N) is 1. The molecule has 0 aliphatic heterocycles. The van der Waals surface area contributed by atoms with Crippen LogP contribution in [0.25, 0.3) is 10.8 Å². The number of halogens is 1. The van der Waals surface area contributed by atoms with E-state index in [1.165, 1.54) is 0 Å². The van der Waals surface area contributed by atoms with Crippen molar-refractivity contribution in [3.05, 3.63) is 54.1 Å². The Balaban J connectivity index is 2.50. The van der Waals surface area contributed by atoms with Crippen LogP contribution < -0.4 is 4.72 Å². The van der Waals surface area contributed by atoms with Crippen LogP contribution in [0.2, 0.25) is 0 Å². The lowest BCUT2D eigenvalue weighted by Crippen LogP contribution is -2.25. The van der Waals surface area contributed by atoms with E-state index >= 15 is 0 Å². The minimum Gasteiger partial charge on any atom is -0.207 e. The third kappa shape index (κ3) is 2.72. The fourth-order valence-electron chi connectivity index (χ4n) is 1.68. The Bertz CT molecular complexity index is 690. The zero-order chi connectivity index (χ0) is 13.2. The van der Waals surface area contributed by atoms with Crippen molar-refractivity contribution in [1.82, 2.24) is 4.72 Å². The monoisotopic (exact) mass is 281 g/mol. The Kier molecular flexibility index (Phi) is 3.71. The molecule has 0 amide bonds. The lowest BCUT2D eigenvalue weighted by molar-refractivity contribution is 0.586. The van der Waals surface area contributed by atoms with Crippen molar-refractivity contribution in [1.29, 1.82) is 0 Å². The van der Waals surface area contributed by atoms with E-state index in [0.717, 1.165) is 5.39 Å². The molecule has 2 aromatic rings. The van der Waals surface area contributed by atoms with E-state index in [1.807, 2.05) is 24.3 Å². The van der Waals surface area contributed by atoms with Crippen LogP contribution >= 0.6 is 11.6 Å². The molecular formula is C13H12ClNO2S. The van der Waals surface area contributed by atoms with Crippen LogP contribution in [-0.4, -0.2) is 15.0 Å². The summed E-state index contributed by atoms with van der Waals surface area (Å²) in [4.78, 5) is 0.249. The molecule has 0 bridgehead atoms. The first kappa shape index (κ1) is 13.1. The van der Waals surface area contributed by atoms with Gasteiger partial charge in [-0.15, -0.1) is 0 Å². The van der Waals surface area contributed by atoms with Crippen molar-refractivity contribution in [2.75, 3.05) is 6.54 Å². The molecule has 94 valence electrons. The Morgan fingerprint density at radius 3 is 2.56 bits per heavy atom. The third-order valence-electron chi connectivity index (χ3n) is 2.49. The SMILES string of the molecule is C=C(Cl)CNS(=O)(=O)c1cccc2ccccc12. The summed E-state index contributed by atoms with van der Waals surface area (Å²) >= 11 is 5.57. The molecule has 0 heterocycles. The largest absolute Gasteiger partial charge is 0.241 e. The molecule has 2 aromatic carbocycles.